The van der Waals surface area contributed by atoms with Gasteiger partial charge in [0.2, 0.25) is 0 Å². The van der Waals surface area contributed by atoms with Gasteiger partial charge in [-0.25, -0.2) is 4.39 Å². The predicted octanol–water partition coefficient (Wildman–Crippen LogP) is 3.46. The average Bonchev–Trinajstić information content (AvgIpc) is 2.89. The van der Waals surface area contributed by atoms with Crippen LogP contribution in [-0.2, 0) is 6.42 Å². The van der Waals surface area contributed by atoms with Gasteiger partial charge in [-0.15, -0.1) is 0 Å². The van der Waals surface area contributed by atoms with E-state index >= 15 is 0 Å². The zero-order valence-corrected chi connectivity index (χ0v) is 11.0. The highest BCUT2D eigenvalue weighted by Gasteiger charge is 2.23. The second-order valence-corrected chi connectivity index (χ2v) is 4.96. The van der Waals surface area contributed by atoms with Gasteiger partial charge in [0.25, 0.3) is 0 Å². The Bertz CT molecular complexity index is 630. The van der Waals surface area contributed by atoms with Gasteiger partial charge in [-0.1, -0.05) is 41.9 Å². The molecule has 2 aromatic rings. The van der Waals surface area contributed by atoms with Gasteiger partial charge in [0, 0.05) is 17.5 Å². The number of nitrogens with two attached hydrogens (primary N) is 1. The highest BCUT2D eigenvalue weighted by Crippen LogP contribution is 2.36. The van der Waals surface area contributed by atoms with Crippen molar-refractivity contribution < 1.29 is 9.13 Å². The summed E-state index contributed by atoms with van der Waals surface area (Å²) in [7, 11) is 0. The van der Waals surface area contributed by atoms with E-state index in [1.807, 2.05) is 18.2 Å². The molecule has 0 spiro atoms. The normalized spacial score (nSPS) is 14.9. The van der Waals surface area contributed by atoms with Crippen LogP contribution in [-0.4, -0.2) is 6.61 Å². The molecule has 98 valence electrons. The van der Waals surface area contributed by atoms with Crippen molar-refractivity contribution in [2.45, 2.75) is 12.5 Å². The van der Waals surface area contributed by atoms with E-state index < -0.39 is 11.9 Å². The van der Waals surface area contributed by atoms with Gasteiger partial charge in [-0.2, -0.15) is 0 Å². The molecule has 2 aromatic carbocycles. The Balaban J connectivity index is 2.08. The van der Waals surface area contributed by atoms with Crippen molar-refractivity contribution in [2.24, 2.45) is 5.73 Å². The van der Waals surface area contributed by atoms with Crippen LogP contribution in [0.2, 0.25) is 5.02 Å². The summed E-state index contributed by atoms with van der Waals surface area (Å²) in [5, 5.41) is 0.0847. The van der Waals surface area contributed by atoms with Crippen LogP contribution in [0.4, 0.5) is 4.39 Å². The van der Waals surface area contributed by atoms with Crippen LogP contribution in [0.1, 0.15) is 22.7 Å². The number of fused-ring (bicyclic) bond motifs is 1. The smallest absolute Gasteiger partial charge is 0.146 e. The molecule has 0 fully saturated rings. The summed E-state index contributed by atoms with van der Waals surface area (Å²) in [5.74, 6) is 0.321. The van der Waals surface area contributed by atoms with Crippen LogP contribution in [0, 0.1) is 5.82 Å². The lowest BCUT2D eigenvalue weighted by Crippen LogP contribution is -2.14. The standard InChI is InChI=1S/C15H13ClFNO/c16-12-6-2-4-10(13(12)17)14(18)11-5-1-3-9-7-8-19-15(9)11/h1-6,14H,7-8,18H2. The summed E-state index contributed by atoms with van der Waals surface area (Å²) in [6, 6.07) is 10.1. The Morgan fingerprint density at radius 1 is 1.16 bits per heavy atom. The summed E-state index contributed by atoms with van der Waals surface area (Å²) < 4.78 is 19.6. The molecule has 4 heteroatoms. The Kier molecular flexibility index (Phi) is 3.17. The quantitative estimate of drug-likeness (QED) is 0.912. The van der Waals surface area contributed by atoms with E-state index in [4.69, 9.17) is 22.1 Å². The van der Waals surface area contributed by atoms with Crippen molar-refractivity contribution in [3.8, 4) is 5.75 Å². The highest BCUT2D eigenvalue weighted by molar-refractivity contribution is 6.30. The van der Waals surface area contributed by atoms with Crippen molar-refractivity contribution in [3.63, 3.8) is 0 Å². The zero-order chi connectivity index (χ0) is 13.4. The lowest BCUT2D eigenvalue weighted by molar-refractivity contribution is 0.352. The lowest BCUT2D eigenvalue weighted by atomic mass is 9.96. The Morgan fingerprint density at radius 2 is 1.89 bits per heavy atom. The van der Waals surface area contributed by atoms with Crippen molar-refractivity contribution in [2.75, 3.05) is 6.61 Å². The average molecular weight is 278 g/mol. The fraction of sp³-hybridized carbons (Fsp3) is 0.200. The molecule has 1 atom stereocenters. The first-order chi connectivity index (χ1) is 9.18. The first-order valence-corrected chi connectivity index (χ1v) is 6.50. The van der Waals surface area contributed by atoms with E-state index in [2.05, 4.69) is 0 Å². The largest absolute Gasteiger partial charge is 0.493 e. The van der Waals surface area contributed by atoms with Gasteiger partial charge < -0.3 is 10.5 Å². The number of para-hydroxylation sites is 1. The van der Waals surface area contributed by atoms with Crippen LogP contribution < -0.4 is 10.5 Å². The van der Waals surface area contributed by atoms with Crippen molar-refractivity contribution >= 4 is 11.6 Å². The van der Waals surface area contributed by atoms with E-state index in [-0.39, 0.29) is 5.02 Å². The fourth-order valence-electron chi connectivity index (χ4n) is 2.41. The monoisotopic (exact) mass is 277 g/mol. The van der Waals surface area contributed by atoms with Crippen LogP contribution in [0.15, 0.2) is 36.4 Å². The maximum atomic E-state index is 14.0. The van der Waals surface area contributed by atoms with Crippen LogP contribution >= 0.6 is 11.6 Å². The Hall–Kier alpha value is -1.58. The fourth-order valence-corrected chi connectivity index (χ4v) is 2.60. The third-order valence-corrected chi connectivity index (χ3v) is 3.69. The molecule has 0 aliphatic carbocycles. The van der Waals surface area contributed by atoms with Gasteiger partial charge in [0.15, 0.2) is 0 Å². The number of rotatable bonds is 2. The van der Waals surface area contributed by atoms with E-state index in [9.17, 15) is 4.39 Å². The van der Waals surface area contributed by atoms with Gasteiger partial charge >= 0.3 is 0 Å². The maximum Gasteiger partial charge on any atom is 0.146 e. The maximum absolute atomic E-state index is 14.0. The third kappa shape index (κ3) is 2.09. The van der Waals surface area contributed by atoms with Crippen molar-refractivity contribution in [3.05, 3.63) is 63.9 Å². The second kappa shape index (κ2) is 4.83. The second-order valence-electron chi connectivity index (χ2n) is 4.55. The molecule has 1 aliphatic heterocycles. The van der Waals surface area contributed by atoms with Gasteiger partial charge in [0.1, 0.15) is 11.6 Å². The molecule has 2 N–H and O–H groups in total. The van der Waals surface area contributed by atoms with Crippen LogP contribution in [0.5, 0.6) is 5.75 Å². The van der Waals surface area contributed by atoms with Crippen molar-refractivity contribution in [1.29, 1.82) is 0 Å². The van der Waals surface area contributed by atoms with Gasteiger partial charge in [0.05, 0.1) is 17.7 Å². The zero-order valence-electron chi connectivity index (χ0n) is 10.2. The molecule has 2 nitrogen and oxygen atoms in total. The molecule has 19 heavy (non-hydrogen) atoms. The van der Waals surface area contributed by atoms with E-state index in [1.165, 1.54) is 6.07 Å². The SMILES string of the molecule is NC(c1cccc(Cl)c1F)c1cccc2c1OCC2. The van der Waals surface area contributed by atoms with E-state index in [1.54, 1.807) is 12.1 Å². The summed E-state index contributed by atoms with van der Waals surface area (Å²) in [6.07, 6.45) is 0.869. The number of hydrogen-bond acceptors (Lipinski definition) is 2. The Labute approximate surface area is 115 Å². The molecule has 0 aromatic heterocycles. The Morgan fingerprint density at radius 3 is 2.74 bits per heavy atom. The minimum Gasteiger partial charge on any atom is -0.493 e. The molecular formula is C15H13ClFNO. The van der Waals surface area contributed by atoms with Gasteiger partial charge in [-0.05, 0) is 11.6 Å². The number of ether oxygens (including phenoxy) is 1. The molecule has 1 heterocycles. The molecular weight excluding hydrogens is 265 g/mol. The summed E-state index contributed by atoms with van der Waals surface area (Å²) in [5.41, 5.74) is 8.49. The van der Waals surface area contributed by atoms with E-state index in [0.29, 0.717) is 12.2 Å². The lowest BCUT2D eigenvalue weighted by Gasteiger charge is -2.17. The molecule has 0 bridgehead atoms. The molecule has 0 amide bonds. The van der Waals surface area contributed by atoms with E-state index in [0.717, 1.165) is 23.3 Å². The molecule has 0 saturated heterocycles. The number of halogens is 2. The summed E-state index contributed by atoms with van der Waals surface area (Å²) in [4.78, 5) is 0. The minimum atomic E-state index is -0.577. The van der Waals surface area contributed by atoms with Gasteiger partial charge in [-0.3, -0.25) is 0 Å². The molecule has 1 aliphatic rings. The highest BCUT2D eigenvalue weighted by atomic mass is 35.5. The minimum absolute atomic E-state index is 0.0847. The number of benzene rings is 2. The first-order valence-electron chi connectivity index (χ1n) is 6.12. The molecule has 1 unspecified atom stereocenters. The van der Waals surface area contributed by atoms with Crippen LogP contribution in [0.25, 0.3) is 0 Å². The predicted molar refractivity (Wildman–Crippen MR) is 73.1 cm³/mol. The topological polar surface area (TPSA) is 35.2 Å². The van der Waals surface area contributed by atoms with Crippen molar-refractivity contribution in [1.82, 2.24) is 0 Å². The molecule has 0 saturated carbocycles. The third-order valence-electron chi connectivity index (χ3n) is 3.40. The molecule has 0 radical (unpaired) electrons. The summed E-state index contributed by atoms with van der Waals surface area (Å²) in [6.45, 7) is 0.650. The molecule has 3 rings (SSSR count). The number of hydrogen-bond donors (Lipinski definition) is 1. The summed E-state index contributed by atoms with van der Waals surface area (Å²) >= 11 is 5.80. The first kappa shape index (κ1) is 12.5. The van der Waals surface area contributed by atoms with Crippen LogP contribution in [0.3, 0.4) is 0 Å².